The third-order valence-corrected chi connectivity index (χ3v) is 0.674. The molecular formula is C3H8N2O3. The predicted molar refractivity (Wildman–Crippen MR) is 26.8 cm³/mol. The van der Waals surface area contributed by atoms with Crippen LogP contribution in [0, 0.1) is 4.91 Å². The molecule has 0 aromatic rings. The van der Waals surface area contributed by atoms with Crippen molar-refractivity contribution in [2.24, 2.45) is 11.1 Å². The van der Waals surface area contributed by atoms with Gasteiger partial charge in [0.25, 0.3) is 0 Å². The Hall–Kier alpha value is -0.520. The number of hydrogen-bond donors (Lipinski definition) is 2. The first-order chi connectivity index (χ1) is 3.85. The standard InChI is InChI=1S/C3H8N2O3/c4-8-3(2-6)1-5-7/h3,6H,1-2,4H2. The van der Waals surface area contributed by atoms with Crippen molar-refractivity contribution in [1.29, 1.82) is 0 Å². The fourth-order valence-corrected chi connectivity index (χ4v) is 0.227. The second-order valence-electron chi connectivity index (χ2n) is 1.25. The van der Waals surface area contributed by atoms with Gasteiger partial charge in [-0.2, -0.15) is 4.91 Å². The molecule has 0 spiro atoms. The lowest BCUT2D eigenvalue weighted by atomic mass is 10.4. The first kappa shape index (κ1) is 7.48. The number of aliphatic hydroxyl groups excluding tert-OH is 1. The average Bonchev–Trinajstić information content (AvgIpc) is 1.83. The minimum absolute atomic E-state index is 0.104. The van der Waals surface area contributed by atoms with Gasteiger partial charge in [-0.1, -0.05) is 5.18 Å². The van der Waals surface area contributed by atoms with Crippen molar-refractivity contribution in [3.8, 4) is 0 Å². The summed E-state index contributed by atoms with van der Waals surface area (Å²) in [6, 6.07) is 0. The molecule has 0 rings (SSSR count). The van der Waals surface area contributed by atoms with Gasteiger partial charge in [0.15, 0.2) is 0 Å². The van der Waals surface area contributed by atoms with Gasteiger partial charge in [-0.25, -0.2) is 5.90 Å². The van der Waals surface area contributed by atoms with Crippen LogP contribution in [0.5, 0.6) is 0 Å². The zero-order valence-electron chi connectivity index (χ0n) is 4.28. The summed E-state index contributed by atoms with van der Waals surface area (Å²) in [6.45, 7) is -0.380. The first-order valence-corrected chi connectivity index (χ1v) is 2.10. The second-order valence-corrected chi connectivity index (χ2v) is 1.25. The smallest absolute Gasteiger partial charge is 0.125 e. The Morgan fingerprint density at radius 2 is 2.50 bits per heavy atom. The normalized spacial score (nSPS) is 13.2. The van der Waals surface area contributed by atoms with Crippen LogP contribution in [0.25, 0.3) is 0 Å². The van der Waals surface area contributed by atoms with Crippen molar-refractivity contribution in [2.75, 3.05) is 13.2 Å². The highest BCUT2D eigenvalue weighted by Crippen LogP contribution is 1.84. The highest BCUT2D eigenvalue weighted by atomic mass is 16.6. The Labute approximate surface area is 46.4 Å². The minimum Gasteiger partial charge on any atom is -0.394 e. The zero-order chi connectivity index (χ0) is 6.41. The molecule has 0 aliphatic carbocycles. The summed E-state index contributed by atoms with van der Waals surface area (Å²) in [5, 5.41) is 10.7. The van der Waals surface area contributed by atoms with Gasteiger partial charge in [0.2, 0.25) is 0 Å². The molecule has 0 aromatic heterocycles. The van der Waals surface area contributed by atoms with E-state index in [2.05, 4.69) is 15.9 Å². The predicted octanol–water partition coefficient (Wildman–Crippen LogP) is -0.996. The van der Waals surface area contributed by atoms with Crippen molar-refractivity contribution in [3.05, 3.63) is 4.91 Å². The van der Waals surface area contributed by atoms with E-state index < -0.39 is 6.10 Å². The van der Waals surface area contributed by atoms with Gasteiger partial charge >= 0.3 is 0 Å². The van der Waals surface area contributed by atoms with Crippen LogP contribution in [0.4, 0.5) is 0 Å². The summed E-state index contributed by atoms with van der Waals surface area (Å²) in [5.41, 5.74) is 0. The Bertz CT molecular complexity index is 63.5. The van der Waals surface area contributed by atoms with Crippen molar-refractivity contribution in [2.45, 2.75) is 6.10 Å². The van der Waals surface area contributed by atoms with E-state index in [0.29, 0.717) is 0 Å². The van der Waals surface area contributed by atoms with E-state index in [4.69, 9.17) is 5.11 Å². The number of aliphatic hydroxyl groups is 1. The summed E-state index contributed by atoms with van der Waals surface area (Å²) in [7, 11) is 0. The molecule has 48 valence electrons. The van der Waals surface area contributed by atoms with E-state index in [1.165, 1.54) is 0 Å². The molecule has 3 N–H and O–H groups in total. The molecule has 1 atom stereocenters. The molecule has 0 saturated carbocycles. The van der Waals surface area contributed by atoms with Crippen LogP contribution in [0.1, 0.15) is 0 Å². The monoisotopic (exact) mass is 120 g/mol. The van der Waals surface area contributed by atoms with E-state index >= 15 is 0 Å². The fraction of sp³-hybridized carbons (Fsp3) is 1.00. The highest BCUT2D eigenvalue weighted by molar-refractivity contribution is 4.55. The van der Waals surface area contributed by atoms with E-state index in [-0.39, 0.29) is 13.2 Å². The number of nitrogens with two attached hydrogens (primary N) is 1. The lowest BCUT2D eigenvalue weighted by Crippen LogP contribution is -2.24. The quantitative estimate of drug-likeness (QED) is 0.368. The van der Waals surface area contributed by atoms with Gasteiger partial charge in [-0.3, -0.25) is 4.84 Å². The van der Waals surface area contributed by atoms with E-state index in [9.17, 15) is 4.91 Å². The van der Waals surface area contributed by atoms with Gasteiger partial charge in [-0.15, -0.1) is 0 Å². The van der Waals surface area contributed by atoms with Crippen LogP contribution in [-0.4, -0.2) is 24.4 Å². The lowest BCUT2D eigenvalue weighted by Gasteiger charge is -2.03. The Balaban J connectivity index is 3.20. The molecule has 0 aliphatic heterocycles. The SMILES string of the molecule is NOC(CO)CN=O. The van der Waals surface area contributed by atoms with Crippen LogP contribution >= 0.6 is 0 Å². The van der Waals surface area contributed by atoms with Crippen LogP contribution in [0.3, 0.4) is 0 Å². The van der Waals surface area contributed by atoms with Crippen molar-refractivity contribution in [3.63, 3.8) is 0 Å². The van der Waals surface area contributed by atoms with Crippen molar-refractivity contribution in [1.82, 2.24) is 0 Å². The Morgan fingerprint density at radius 1 is 1.88 bits per heavy atom. The topological polar surface area (TPSA) is 84.9 Å². The van der Waals surface area contributed by atoms with Crippen LogP contribution < -0.4 is 5.90 Å². The molecule has 0 heterocycles. The maximum absolute atomic E-state index is 9.44. The van der Waals surface area contributed by atoms with Gasteiger partial charge in [0.05, 0.1) is 6.61 Å². The Morgan fingerprint density at radius 3 is 2.62 bits per heavy atom. The molecule has 0 fully saturated rings. The highest BCUT2D eigenvalue weighted by Gasteiger charge is 2.03. The fourth-order valence-electron chi connectivity index (χ4n) is 0.227. The summed E-state index contributed by atoms with van der Waals surface area (Å²) in [4.78, 5) is 13.5. The molecule has 0 bridgehead atoms. The zero-order valence-corrected chi connectivity index (χ0v) is 4.28. The third kappa shape index (κ3) is 2.62. The first-order valence-electron chi connectivity index (χ1n) is 2.10. The average molecular weight is 120 g/mol. The lowest BCUT2D eigenvalue weighted by molar-refractivity contribution is 0.0183. The molecule has 0 aromatic carbocycles. The largest absolute Gasteiger partial charge is 0.394 e. The molecular weight excluding hydrogens is 112 g/mol. The summed E-state index contributed by atoms with van der Waals surface area (Å²) in [6.07, 6.45) is -0.646. The molecule has 5 nitrogen and oxygen atoms in total. The number of hydrogen-bond acceptors (Lipinski definition) is 5. The van der Waals surface area contributed by atoms with E-state index in [0.717, 1.165) is 0 Å². The maximum atomic E-state index is 9.44. The van der Waals surface area contributed by atoms with E-state index in [1.54, 1.807) is 0 Å². The molecule has 0 aliphatic rings. The van der Waals surface area contributed by atoms with Gasteiger partial charge in [0.1, 0.15) is 12.6 Å². The number of rotatable bonds is 4. The number of nitrogens with zero attached hydrogens (tertiary/aromatic N) is 1. The summed E-state index contributed by atoms with van der Waals surface area (Å²) in [5.74, 6) is 4.61. The minimum atomic E-state index is -0.646. The van der Waals surface area contributed by atoms with Gasteiger partial charge < -0.3 is 5.11 Å². The Kier molecular flexibility index (Phi) is 4.33. The second kappa shape index (κ2) is 4.63. The molecule has 0 saturated heterocycles. The summed E-state index contributed by atoms with van der Waals surface area (Å²) >= 11 is 0. The molecule has 0 radical (unpaired) electrons. The van der Waals surface area contributed by atoms with E-state index in [1.807, 2.05) is 0 Å². The van der Waals surface area contributed by atoms with Crippen LogP contribution in [0.15, 0.2) is 5.18 Å². The molecule has 0 amide bonds. The van der Waals surface area contributed by atoms with Gasteiger partial charge in [-0.05, 0) is 0 Å². The molecule has 5 heteroatoms. The number of nitroso groups, excluding NO2 is 1. The van der Waals surface area contributed by atoms with Gasteiger partial charge in [0, 0.05) is 0 Å². The van der Waals surface area contributed by atoms with Crippen LogP contribution in [0.2, 0.25) is 0 Å². The molecule has 8 heavy (non-hydrogen) atoms. The summed E-state index contributed by atoms with van der Waals surface area (Å²) < 4.78 is 0. The third-order valence-electron chi connectivity index (χ3n) is 0.674. The van der Waals surface area contributed by atoms with Crippen molar-refractivity contribution >= 4 is 0 Å². The maximum Gasteiger partial charge on any atom is 0.125 e. The van der Waals surface area contributed by atoms with Crippen molar-refractivity contribution < 1.29 is 9.94 Å². The molecule has 1 unspecified atom stereocenters. The van der Waals surface area contributed by atoms with Crippen LogP contribution in [-0.2, 0) is 4.84 Å².